The van der Waals surface area contributed by atoms with Crippen LogP contribution in [0.4, 0.5) is 0 Å². The summed E-state index contributed by atoms with van der Waals surface area (Å²) in [5, 5.41) is 0.772. The summed E-state index contributed by atoms with van der Waals surface area (Å²) in [5.41, 5.74) is 7.49. The predicted octanol–water partition coefficient (Wildman–Crippen LogP) is 4.10. The van der Waals surface area contributed by atoms with E-state index in [1.54, 1.807) is 0 Å². The highest BCUT2D eigenvalue weighted by molar-refractivity contribution is 6.30. The van der Waals surface area contributed by atoms with Crippen molar-refractivity contribution in [2.24, 2.45) is 17.6 Å². The van der Waals surface area contributed by atoms with Gasteiger partial charge < -0.3 is 10.6 Å². The molecule has 0 saturated carbocycles. The van der Waals surface area contributed by atoms with Crippen molar-refractivity contribution < 1.29 is 0 Å². The number of rotatable bonds is 4. The monoisotopic (exact) mass is 294 g/mol. The zero-order valence-corrected chi connectivity index (χ0v) is 13.6. The number of halogens is 1. The summed E-state index contributed by atoms with van der Waals surface area (Å²) in [6.07, 6.45) is 2.35. The highest BCUT2D eigenvalue weighted by atomic mass is 35.5. The van der Waals surface area contributed by atoms with Gasteiger partial charge in [0.1, 0.15) is 0 Å². The molecule has 0 aliphatic carbocycles. The fourth-order valence-electron chi connectivity index (χ4n) is 3.31. The zero-order valence-electron chi connectivity index (χ0n) is 12.8. The lowest BCUT2D eigenvalue weighted by Crippen LogP contribution is -2.46. The van der Waals surface area contributed by atoms with Gasteiger partial charge in [0.25, 0.3) is 0 Å². The smallest absolute Gasteiger partial charge is 0.0406 e. The van der Waals surface area contributed by atoms with E-state index in [0.717, 1.165) is 29.8 Å². The lowest BCUT2D eigenvalue weighted by molar-refractivity contribution is 0.0770. The van der Waals surface area contributed by atoms with E-state index >= 15 is 0 Å². The SMILES string of the molecule is CC1CC(C)C(C)N(CCC(N)c2ccc(Cl)cc2)C1. The van der Waals surface area contributed by atoms with E-state index in [9.17, 15) is 0 Å². The van der Waals surface area contributed by atoms with Crippen LogP contribution in [0, 0.1) is 11.8 Å². The van der Waals surface area contributed by atoms with Gasteiger partial charge in [-0.2, -0.15) is 0 Å². The molecule has 4 unspecified atom stereocenters. The standard InChI is InChI=1S/C17H27ClN2/c1-12-10-13(2)14(3)20(11-12)9-8-17(19)15-4-6-16(18)7-5-15/h4-7,12-14,17H,8-11,19H2,1-3H3. The first-order valence-electron chi connectivity index (χ1n) is 7.72. The van der Waals surface area contributed by atoms with Gasteiger partial charge in [0.15, 0.2) is 0 Å². The zero-order chi connectivity index (χ0) is 14.7. The third-order valence-corrected chi connectivity index (χ3v) is 5.00. The van der Waals surface area contributed by atoms with Crippen molar-refractivity contribution in [1.82, 2.24) is 4.90 Å². The van der Waals surface area contributed by atoms with Crippen LogP contribution in [0.5, 0.6) is 0 Å². The molecule has 0 aromatic heterocycles. The van der Waals surface area contributed by atoms with Crippen LogP contribution in [0.1, 0.15) is 45.2 Å². The summed E-state index contributed by atoms with van der Waals surface area (Å²) in [6.45, 7) is 9.36. The highest BCUT2D eigenvalue weighted by Crippen LogP contribution is 2.28. The van der Waals surface area contributed by atoms with E-state index in [0.29, 0.717) is 6.04 Å². The van der Waals surface area contributed by atoms with Crippen LogP contribution in [-0.4, -0.2) is 24.0 Å². The second-order valence-corrected chi connectivity index (χ2v) is 6.94. The molecule has 1 fully saturated rings. The Morgan fingerprint density at radius 1 is 1.25 bits per heavy atom. The molecule has 1 heterocycles. The minimum atomic E-state index is 0.104. The van der Waals surface area contributed by atoms with Crippen molar-refractivity contribution in [3.63, 3.8) is 0 Å². The largest absolute Gasteiger partial charge is 0.324 e. The van der Waals surface area contributed by atoms with Gasteiger partial charge in [-0.1, -0.05) is 37.6 Å². The van der Waals surface area contributed by atoms with Gasteiger partial charge in [0.2, 0.25) is 0 Å². The van der Waals surface area contributed by atoms with Gasteiger partial charge in [-0.25, -0.2) is 0 Å². The number of piperidine rings is 1. The van der Waals surface area contributed by atoms with E-state index < -0.39 is 0 Å². The third kappa shape index (κ3) is 3.97. The first-order valence-corrected chi connectivity index (χ1v) is 8.10. The Hall–Kier alpha value is -0.570. The maximum atomic E-state index is 6.31. The Morgan fingerprint density at radius 2 is 1.90 bits per heavy atom. The highest BCUT2D eigenvalue weighted by Gasteiger charge is 2.28. The maximum absolute atomic E-state index is 6.31. The molecule has 2 N–H and O–H groups in total. The van der Waals surface area contributed by atoms with Crippen molar-refractivity contribution in [2.75, 3.05) is 13.1 Å². The average Bonchev–Trinajstić information content (AvgIpc) is 2.41. The van der Waals surface area contributed by atoms with E-state index in [2.05, 4.69) is 25.7 Å². The molecule has 0 radical (unpaired) electrons. The molecule has 3 heteroatoms. The van der Waals surface area contributed by atoms with Crippen LogP contribution >= 0.6 is 11.6 Å². The molecule has 2 rings (SSSR count). The Labute approximate surface area is 128 Å². The summed E-state index contributed by atoms with van der Waals surface area (Å²) in [4.78, 5) is 2.61. The lowest BCUT2D eigenvalue weighted by atomic mass is 9.85. The van der Waals surface area contributed by atoms with Crippen LogP contribution in [0.15, 0.2) is 24.3 Å². The molecule has 0 spiro atoms. The topological polar surface area (TPSA) is 29.3 Å². The molecule has 1 aliphatic heterocycles. The van der Waals surface area contributed by atoms with Crippen LogP contribution in [0.2, 0.25) is 5.02 Å². The summed E-state index contributed by atoms with van der Waals surface area (Å²) in [6, 6.07) is 8.69. The number of nitrogens with two attached hydrogens (primary N) is 1. The number of hydrogen-bond acceptors (Lipinski definition) is 2. The molecule has 1 aromatic carbocycles. The van der Waals surface area contributed by atoms with Gasteiger partial charge in [-0.3, -0.25) is 0 Å². The molecule has 112 valence electrons. The molecule has 1 aliphatic rings. The number of nitrogens with zero attached hydrogens (tertiary/aromatic N) is 1. The van der Waals surface area contributed by atoms with E-state index in [-0.39, 0.29) is 6.04 Å². The van der Waals surface area contributed by atoms with Crippen molar-refractivity contribution in [2.45, 2.75) is 45.7 Å². The van der Waals surface area contributed by atoms with Crippen molar-refractivity contribution in [1.29, 1.82) is 0 Å². The average molecular weight is 295 g/mol. The molecule has 4 atom stereocenters. The van der Waals surface area contributed by atoms with E-state index in [1.807, 2.05) is 24.3 Å². The molecule has 1 saturated heterocycles. The first-order chi connectivity index (χ1) is 9.47. The van der Waals surface area contributed by atoms with Gasteiger partial charge in [-0.05, 0) is 49.3 Å². The quantitative estimate of drug-likeness (QED) is 0.906. The second-order valence-electron chi connectivity index (χ2n) is 6.50. The Bertz CT molecular complexity index is 418. The minimum Gasteiger partial charge on any atom is -0.324 e. The summed E-state index contributed by atoms with van der Waals surface area (Å²) in [7, 11) is 0. The van der Waals surface area contributed by atoms with E-state index in [4.69, 9.17) is 17.3 Å². The third-order valence-electron chi connectivity index (χ3n) is 4.75. The number of benzene rings is 1. The molecule has 20 heavy (non-hydrogen) atoms. The van der Waals surface area contributed by atoms with Gasteiger partial charge in [-0.15, -0.1) is 0 Å². The summed E-state index contributed by atoms with van der Waals surface area (Å²) in [5.74, 6) is 1.58. The molecule has 1 aromatic rings. The van der Waals surface area contributed by atoms with Crippen LogP contribution in [0.3, 0.4) is 0 Å². The number of likely N-dealkylation sites (tertiary alicyclic amines) is 1. The van der Waals surface area contributed by atoms with Gasteiger partial charge in [0.05, 0.1) is 0 Å². The predicted molar refractivity (Wildman–Crippen MR) is 87.0 cm³/mol. The molecule has 0 bridgehead atoms. The Balaban J connectivity index is 1.89. The minimum absolute atomic E-state index is 0.104. The van der Waals surface area contributed by atoms with Crippen molar-refractivity contribution in [3.8, 4) is 0 Å². The summed E-state index contributed by atoms with van der Waals surface area (Å²) >= 11 is 5.92. The number of hydrogen-bond donors (Lipinski definition) is 1. The van der Waals surface area contributed by atoms with Crippen LogP contribution < -0.4 is 5.73 Å². The lowest BCUT2D eigenvalue weighted by Gasteiger charge is -2.41. The molecular formula is C17H27ClN2. The van der Waals surface area contributed by atoms with Crippen molar-refractivity contribution in [3.05, 3.63) is 34.9 Å². The van der Waals surface area contributed by atoms with Crippen LogP contribution in [-0.2, 0) is 0 Å². The molecule has 2 nitrogen and oxygen atoms in total. The Morgan fingerprint density at radius 3 is 2.55 bits per heavy atom. The van der Waals surface area contributed by atoms with Crippen LogP contribution in [0.25, 0.3) is 0 Å². The first kappa shape index (κ1) is 15.8. The van der Waals surface area contributed by atoms with E-state index in [1.165, 1.54) is 18.5 Å². The second kappa shape index (κ2) is 6.93. The van der Waals surface area contributed by atoms with Gasteiger partial charge in [0, 0.05) is 30.2 Å². The Kier molecular flexibility index (Phi) is 5.48. The van der Waals surface area contributed by atoms with Gasteiger partial charge >= 0.3 is 0 Å². The maximum Gasteiger partial charge on any atom is 0.0406 e. The molecule has 0 amide bonds. The fourth-order valence-corrected chi connectivity index (χ4v) is 3.44. The fraction of sp³-hybridized carbons (Fsp3) is 0.647. The molecular weight excluding hydrogens is 268 g/mol. The summed E-state index contributed by atoms with van der Waals surface area (Å²) < 4.78 is 0. The van der Waals surface area contributed by atoms with Crippen molar-refractivity contribution >= 4 is 11.6 Å². The normalized spacial score (nSPS) is 29.4.